The molecule has 2 bridgehead atoms. The van der Waals surface area contributed by atoms with Crippen molar-refractivity contribution in [2.24, 2.45) is 0 Å². The van der Waals surface area contributed by atoms with Gasteiger partial charge in [0.2, 0.25) is 0 Å². The summed E-state index contributed by atoms with van der Waals surface area (Å²) in [6.07, 6.45) is 0.589. The average molecular weight is 286 g/mol. The van der Waals surface area contributed by atoms with Gasteiger partial charge >= 0.3 is 6.18 Å². The maximum Gasteiger partial charge on any atom is 0.417 e. The molecule has 2 unspecified atom stereocenters. The number of hydrogen-bond acceptors (Lipinski definition) is 3. The first kappa shape index (κ1) is 13.8. The molecule has 3 rings (SSSR count). The lowest BCUT2D eigenvalue weighted by atomic mass is 9.75. The minimum absolute atomic E-state index is 0.233. The molecule has 2 fully saturated rings. The van der Waals surface area contributed by atoms with Gasteiger partial charge in [-0.2, -0.15) is 13.2 Å². The van der Waals surface area contributed by atoms with E-state index in [-0.39, 0.29) is 12.1 Å². The zero-order valence-corrected chi connectivity index (χ0v) is 11.0. The van der Waals surface area contributed by atoms with Crippen LogP contribution in [0.1, 0.15) is 43.4 Å². The van der Waals surface area contributed by atoms with Crippen LogP contribution in [-0.2, 0) is 11.8 Å². The average Bonchev–Trinajstić information content (AvgIpc) is 2.37. The monoisotopic (exact) mass is 286 g/mol. The third-order valence-electron chi connectivity index (χ3n) is 4.31. The van der Waals surface area contributed by atoms with Gasteiger partial charge in [-0.25, -0.2) is 0 Å². The van der Waals surface area contributed by atoms with E-state index in [1.54, 1.807) is 0 Å². The second kappa shape index (κ2) is 4.70. The first-order valence-corrected chi connectivity index (χ1v) is 6.89. The van der Waals surface area contributed by atoms with Gasteiger partial charge in [0.15, 0.2) is 0 Å². The Labute approximate surface area is 115 Å². The minimum atomic E-state index is -4.39. The summed E-state index contributed by atoms with van der Waals surface area (Å²) < 4.78 is 37.6. The summed E-state index contributed by atoms with van der Waals surface area (Å²) in [5, 5.41) is 14.2. The van der Waals surface area contributed by atoms with Crippen LogP contribution in [0.2, 0.25) is 0 Å². The van der Waals surface area contributed by atoms with Crippen LogP contribution in [0.4, 0.5) is 13.2 Å². The van der Waals surface area contributed by atoms with E-state index in [4.69, 9.17) is 0 Å². The molecule has 0 radical (unpaired) electrons. The van der Waals surface area contributed by atoms with Crippen molar-refractivity contribution in [3.63, 3.8) is 0 Å². The molecule has 3 nitrogen and oxygen atoms in total. The van der Waals surface area contributed by atoms with Gasteiger partial charge in [-0.3, -0.25) is 4.98 Å². The van der Waals surface area contributed by atoms with Crippen molar-refractivity contribution >= 4 is 0 Å². The number of fused-ring (bicyclic) bond motifs is 2. The lowest BCUT2D eigenvalue weighted by Gasteiger charge is -2.45. The van der Waals surface area contributed by atoms with Gasteiger partial charge < -0.3 is 10.4 Å². The number of rotatable bonds is 1. The zero-order valence-electron chi connectivity index (χ0n) is 11.0. The number of halogens is 3. The molecule has 3 heterocycles. The Hall–Kier alpha value is -1.14. The molecule has 1 aromatic rings. The van der Waals surface area contributed by atoms with E-state index in [1.807, 2.05) is 0 Å². The lowest BCUT2D eigenvalue weighted by Crippen LogP contribution is -2.54. The highest BCUT2D eigenvalue weighted by molar-refractivity contribution is 5.22. The molecule has 110 valence electrons. The molecule has 0 amide bonds. The second-order valence-corrected chi connectivity index (χ2v) is 5.86. The molecule has 0 aliphatic carbocycles. The van der Waals surface area contributed by atoms with E-state index in [0.717, 1.165) is 31.5 Å². The van der Waals surface area contributed by atoms with Gasteiger partial charge in [-0.15, -0.1) is 0 Å². The standard InChI is InChI=1S/C14H17F3N2O/c15-14(16,17)9-4-5-12(18-8-9)13(20)6-10-2-1-3-11(7-13)19-10/h4-5,8,10-11,19-20H,1-3,6-7H2. The SMILES string of the molecule is OC1(c2ccc(C(F)(F)F)cn2)CC2CCCC(C1)N2. The Morgan fingerprint density at radius 1 is 1.20 bits per heavy atom. The third-order valence-corrected chi connectivity index (χ3v) is 4.31. The largest absolute Gasteiger partial charge is 0.417 e. The van der Waals surface area contributed by atoms with Crippen LogP contribution in [-0.4, -0.2) is 22.2 Å². The predicted octanol–water partition coefficient (Wildman–Crippen LogP) is 2.59. The molecule has 2 aliphatic heterocycles. The fraction of sp³-hybridized carbons (Fsp3) is 0.643. The Morgan fingerprint density at radius 3 is 2.35 bits per heavy atom. The van der Waals surface area contributed by atoms with Crippen LogP contribution >= 0.6 is 0 Å². The Kier molecular flexibility index (Phi) is 3.25. The molecular weight excluding hydrogens is 269 g/mol. The number of pyridine rings is 1. The van der Waals surface area contributed by atoms with Crippen molar-refractivity contribution in [3.8, 4) is 0 Å². The number of aliphatic hydroxyl groups is 1. The summed E-state index contributed by atoms with van der Waals surface area (Å²) in [6.45, 7) is 0. The highest BCUT2D eigenvalue weighted by Gasteiger charge is 2.43. The number of alkyl halides is 3. The number of nitrogens with one attached hydrogen (secondary N) is 1. The predicted molar refractivity (Wildman–Crippen MR) is 66.9 cm³/mol. The topological polar surface area (TPSA) is 45.2 Å². The number of nitrogens with zero attached hydrogens (tertiary/aromatic N) is 1. The number of piperidine rings is 2. The van der Waals surface area contributed by atoms with Gasteiger partial charge in [0.05, 0.1) is 11.3 Å². The molecule has 2 N–H and O–H groups in total. The molecule has 20 heavy (non-hydrogen) atoms. The van der Waals surface area contributed by atoms with Gasteiger partial charge in [0.25, 0.3) is 0 Å². The number of hydrogen-bond donors (Lipinski definition) is 2. The Bertz CT molecular complexity index is 474. The highest BCUT2D eigenvalue weighted by atomic mass is 19.4. The second-order valence-electron chi connectivity index (χ2n) is 5.86. The van der Waals surface area contributed by atoms with Crippen molar-refractivity contribution < 1.29 is 18.3 Å². The molecule has 0 saturated carbocycles. The van der Waals surface area contributed by atoms with Crippen LogP contribution < -0.4 is 5.32 Å². The van der Waals surface area contributed by atoms with E-state index in [0.29, 0.717) is 18.5 Å². The molecule has 0 spiro atoms. The summed E-state index contributed by atoms with van der Waals surface area (Å²) in [5.41, 5.74) is -1.53. The van der Waals surface area contributed by atoms with Crippen LogP contribution in [0.3, 0.4) is 0 Å². The zero-order chi connectivity index (χ0) is 14.4. The summed E-state index contributed by atoms with van der Waals surface area (Å²) in [6, 6.07) is 2.77. The van der Waals surface area contributed by atoms with Crippen LogP contribution in [0, 0.1) is 0 Å². The lowest BCUT2D eigenvalue weighted by molar-refractivity contribution is -0.138. The summed E-state index contributed by atoms with van der Waals surface area (Å²) in [5.74, 6) is 0. The fourth-order valence-corrected chi connectivity index (χ4v) is 3.38. The fourth-order valence-electron chi connectivity index (χ4n) is 3.38. The quantitative estimate of drug-likeness (QED) is 0.834. The van der Waals surface area contributed by atoms with Crippen LogP contribution in [0.5, 0.6) is 0 Å². The molecule has 0 aromatic carbocycles. The van der Waals surface area contributed by atoms with Crippen LogP contribution in [0.15, 0.2) is 18.3 Å². The summed E-state index contributed by atoms with van der Waals surface area (Å²) in [4.78, 5) is 3.87. The molecule has 1 aromatic heterocycles. The first-order chi connectivity index (χ1) is 9.37. The van der Waals surface area contributed by atoms with Gasteiger partial charge in [0, 0.05) is 18.3 Å². The van der Waals surface area contributed by atoms with E-state index >= 15 is 0 Å². The maximum atomic E-state index is 12.5. The number of aromatic nitrogens is 1. The summed E-state index contributed by atoms with van der Waals surface area (Å²) >= 11 is 0. The van der Waals surface area contributed by atoms with Crippen molar-refractivity contribution in [2.45, 2.75) is 56.0 Å². The van der Waals surface area contributed by atoms with Gasteiger partial charge in [-0.05, 0) is 37.8 Å². The van der Waals surface area contributed by atoms with E-state index in [1.165, 1.54) is 6.07 Å². The van der Waals surface area contributed by atoms with E-state index in [9.17, 15) is 18.3 Å². The van der Waals surface area contributed by atoms with Gasteiger partial charge in [-0.1, -0.05) is 6.42 Å². The molecule has 2 aliphatic rings. The Balaban J connectivity index is 1.84. The normalized spacial score (nSPS) is 34.0. The van der Waals surface area contributed by atoms with Crippen molar-refractivity contribution in [3.05, 3.63) is 29.6 Å². The Morgan fingerprint density at radius 2 is 1.85 bits per heavy atom. The molecular formula is C14H17F3N2O. The van der Waals surface area contributed by atoms with E-state index < -0.39 is 17.3 Å². The third kappa shape index (κ3) is 2.54. The summed E-state index contributed by atoms with van der Waals surface area (Å²) in [7, 11) is 0. The molecule has 6 heteroatoms. The first-order valence-electron chi connectivity index (χ1n) is 6.89. The molecule has 2 atom stereocenters. The molecule has 2 saturated heterocycles. The van der Waals surface area contributed by atoms with Crippen LogP contribution in [0.25, 0.3) is 0 Å². The smallest absolute Gasteiger partial charge is 0.383 e. The van der Waals surface area contributed by atoms with Crippen molar-refractivity contribution in [1.82, 2.24) is 10.3 Å². The minimum Gasteiger partial charge on any atom is -0.383 e. The maximum absolute atomic E-state index is 12.5. The van der Waals surface area contributed by atoms with Gasteiger partial charge in [0.1, 0.15) is 5.60 Å². The van der Waals surface area contributed by atoms with E-state index in [2.05, 4.69) is 10.3 Å². The van der Waals surface area contributed by atoms with Crippen molar-refractivity contribution in [2.75, 3.05) is 0 Å². The van der Waals surface area contributed by atoms with Crippen molar-refractivity contribution in [1.29, 1.82) is 0 Å². The highest BCUT2D eigenvalue weighted by Crippen LogP contribution is 2.39.